The van der Waals surface area contributed by atoms with Crippen molar-refractivity contribution in [1.29, 1.82) is 5.26 Å². The second-order valence-corrected chi connectivity index (χ2v) is 6.71. The van der Waals surface area contributed by atoms with Crippen molar-refractivity contribution in [2.75, 3.05) is 0 Å². The maximum atomic E-state index is 12.1. The Bertz CT molecular complexity index is 918. The molecule has 2 aromatic rings. The molecule has 7 nitrogen and oxygen atoms in total. The highest BCUT2D eigenvalue weighted by Crippen LogP contribution is 2.41. The zero-order valence-corrected chi connectivity index (χ0v) is 12.7. The third-order valence-electron chi connectivity index (χ3n) is 3.00. The van der Waals surface area contributed by atoms with E-state index in [2.05, 4.69) is 25.9 Å². The SMILES string of the molecule is N#CC1=C(N)Oc2[nH]c(=O)[nH]c(=O)c2[C@H]1c1ccc(Br)s1. The molecule has 3 rings (SSSR count). The number of aromatic nitrogens is 2. The van der Waals surface area contributed by atoms with Crippen molar-refractivity contribution in [3.8, 4) is 11.9 Å². The van der Waals surface area contributed by atoms with Gasteiger partial charge in [-0.05, 0) is 28.1 Å². The lowest BCUT2D eigenvalue weighted by atomic mass is 9.90. The first-order chi connectivity index (χ1) is 10.0. The van der Waals surface area contributed by atoms with E-state index in [-0.39, 0.29) is 22.9 Å². The smallest absolute Gasteiger partial charge is 0.328 e. The van der Waals surface area contributed by atoms with Crippen LogP contribution in [0.5, 0.6) is 5.88 Å². The molecule has 0 fully saturated rings. The van der Waals surface area contributed by atoms with Crippen molar-refractivity contribution in [1.82, 2.24) is 9.97 Å². The highest BCUT2D eigenvalue weighted by atomic mass is 79.9. The fraction of sp³-hybridized carbons (Fsp3) is 0.0833. The molecule has 0 amide bonds. The van der Waals surface area contributed by atoms with Gasteiger partial charge >= 0.3 is 5.69 Å². The number of aromatic amines is 2. The van der Waals surface area contributed by atoms with Crippen LogP contribution in [0, 0.1) is 11.3 Å². The summed E-state index contributed by atoms with van der Waals surface area (Å²) in [5, 5.41) is 9.31. The highest BCUT2D eigenvalue weighted by molar-refractivity contribution is 9.11. The monoisotopic (exact) mass is 366 g/mol. The van der Waals surface area contributed by atoms with Crippen LogP contribution in [-0.2, 0) is 0 Å². The van der Waals surface area contributed by atoms with Crippen LogP contribution in [0.4, 0.5) is 0 Å². The number of hydrogen-bond donors (Lipinski definition) is 3. The minimum absolute atomic E-state index is 0.0326. The number of nitrogens with zero attached hydrogens (tertiary/aromatic N) is 1. The molecule has 2 aromatic heterocycles. The van der Waals surface area contributed by atoms with Gasteiger partial charge in [0.1, 0.15) is 11.6 Å². The molecule has 3 heterocycles. The largest absolute Gasteiger partial charge is 0.424 e. The second-order valence-electron chi connectivity index (χ2n) is 4.22. The minimum Gasteiger partial charge on any atom is -0.424 e. The van der Waals surface area contributed by atoms with Crippen molar-refractivity contribution in [2.24, 2.45) is 5.73 Å². The quantitative estimate of drug-likeness (QED) is 0.696. The lowest BCUT2D eigenvalue weighted by Gasteiger charge is -2.23. The summed E-state index contributed by atoms with van der Waals surface area (Å²) in [5.41, 5.74) is 4.72. The Kier molecular flexibility index (Phi) is 3.19. The van der Waals surface area contributed by atoms with Crippen molar-refractivity contribution < 1.29 is 4.74 Å². The number of nitrogens with one attached hydrogen (secondary N) is 2. The Morgan fingerprint density at radius 3 is 2.76 bits per heavy atom. The number of allylic oxidation sites excluding steroid dienone is 1. The maximum Gasteiger partial charge on any atom is 0.328 e. The first kappa shape index (κ1) is 13.7. The van der Waals surface area contributed by atoms with Gasteiger partial charge in [-0.2, -0.15) is 5.26 Å². The van der Waals surface area contributed by atoms with E-state index in [1.54, 1.807) is 12.1 Å². The Morgan fingerprint density at radius 1 is 1.38 bits per heavy atom. The molecular formula is C12H7BrN4O3S. The summed E-state index contributed by atoms with van der Waals surface area (Å²) >= 11 is 4.71. The molecule has 1 aliphatic heterocycles. The fourth-order valence-corrected chi connectivity index (χ4v) is 3.70. The average Bonchev–Trinajstić information content (AvgIpc) is 2.83. The van der Waals surface area contributed by atoms with Gasteiger partial charge in [-0.1, -0.05) is 0 Å². The molecule has 106 valence electrons. The zero-order chi connectivity index (χ0) is 15.1. The number of hydrogen-bond acceptors (Lipinski definition) is 6. The van der Waals surface area contributed by atoms with Crippen LogP contribution in [0.1, 0.15) is 16.4 Å². The van der Waals surface area contributed by atoms with Gasteiger partial charge in [-0.15, -0.1) is 11.3 Å². The van der Waals surface area contributed by atoms with E-state index < -0.39 is 17.2 Å². The standard InChI is InChI=1S/C12H7BrN4O3S/c13-6-2-1-5(21-6)7-4(3-14)9(15)20-11-8(7)10(18)16-12(19)17-11/h1-2,7H,15H2,(H2,16,17,18,19)/t7-/m1/s1. The predicted octanol–water partition coefficient (Wildman–Crippen LogP) is 1.11. The van der Waals surface area contributed by atoms with Crippen molar-refractivity contribution in [3.05, 3.63) is 58.7 Å². The van der Waals surface area contributed by atoms with Crippen molar-refractivity contribution >= 4 is 27.3 Å². The number of nitriles is 1. The lowest BCUT2D eigenvalue weighted by molar-refractivity contribution is 0.374. The number of halogens is 1. The van der Waals surface area contributed by atoms with Crippen LogP contribution in [-0.4, -0.2) is 9.97 Å². The Labute approximate surface area is 129 Å². The summed E-state index contributed by atoms with van der Waals surface area (Å²) in [7, 11) is 0. The molecule has 1 atom stereocenters. The number of fused-ring (bicyclic) bond motifs is 1. The molecule has 4 N–H and O–H groups in total. The van der Waals surface area contributed by atoms with Crippen molar-refractivity contribution in [2.45, 2.75) is 5.92 Å². The predicted molar refractivity (Wildman–Crippen MR) is 79.0 cm³/mol. The van der Waals surface area contributed by atoms with Gasteiger partial charge in [0.15, 0.2) is 0 Å². The molecule has 0 aromatic carbocycles. The molecule has 0 spiro atoms. The summed E-state index contributed by atoms with van der Waals surface area (Å²) in [6.07, 6.45) is 0. The lowest BCUT2D eigenvalue weighted by Crippen LogP contribution is -2.33. The number of thiophene rings is 1. The van der Waals surface area contributed by atoms with E-state index in [0.717, 1.165) is 8.66 Å². The Hall–Kier alpha value is -2.31. The van der Waals surface area contributed by atoms with Crippen LogP contribution in [0.3, 0.4) is 0 Å². The van der Waals surface area contributed by atoms with E-state index in [1.165, 1.54) is 11.3 Å². The van der Waals surface area contributed by atoms with Gasteiger partial charge < -0.3 is 10.5 Å². The fourth-order valence-electron chi connectivity index (χ4n) is 2.16. The van der Waals surface area contributed by atoms with E-state index in [9.17, 15) is 14.9 Å². The Balaban J connectivity index is 2.33. The number of H-pyrrole nitrogens is 2. The molecule has 0 saturated carbocycles. The third-order valence-corrected chi connectivity index (χ3v) is 4.69. The van der Waals surface area contributed by atoms with Crippen LogP contribution < -0.4 is 21.7 Å². The topological polar surface area (TPSA) is 125 Å². The molecular weight excluding hydrogens is 360 g/mol. The normalized spacial score (nSPS) is 17.0. The summed E-state index contributed by atoms with van der Waals surface area (Å²) < 4.78 is 6.06. The van der Waals surface area contributed by atoms with E-state index in [4.69, 9.17) is 10.5 Å². The first-order valence-corrected chi connectivity index (χ1v) is 7.31. The summed E-state index contributed by atoms with van der Waals surface area (Å²) in [4.78, 5) is 28.7. The van der Waals surface area contributed by atoms with Gasteiger partial charge in [0.2, 0.25) is 11.8 Å². The summed E-state index contributed by atoms with van der Waals surface area (Å²) in [6, 6.07) is 5.56. The van der Waals surface area contributed by atoms with Crippen LogP contribution in [0.15, 0.2) is 37.0 Å². The van der Waals surface area contributed by atoms with E-state index in [0.29, 0.717) is 0 Å². The summed E-state index contributed by atoms with van der Waals surface area (Å²) in [5.74, 6) is -0.828. The Morgan fingerprint density at radius 2 is 2.14 bits per heavy atom. The van der Waals surface area contributed by atoms with Crippen LogP contribution in [0.2, 0.25) is 0 Å². The minimum atomic E-state index is -0.696. The molecule has 0 unspecified atom stereocenters. The van der Waals surface area contributed by atoms with Gasteiger partial charge in [0.05, 0.1) is 15.3 Å². The number of rotatable bonds is 1. The summed E-state index contributed by atoms with van der Waals surface area (Å²) in [6.45, 7) is 0. The van der Waals surface area contributed by atoms with Crippen LogP contribution in [0.25, 0.3) is 0 Å². The molecule has 0 aliphatic carbocycles. The first-order valence-electron chi connectivity index (χ1n) is 5.70. The van der Waals surface area contributed by atoms with Crippen molar-refractivity contribution in [3.63, 3.8) is 0 Å². The maximum absolute atomic E-state index is 12.1. The number of nitrogens with two attached hydrogens (primary N) is 1. The average molecular weight is 367 g/mol. The molecule has 21 heavy (non-hydrogen) atoms. The van der Waals surface area contributed by atoms with Crippen LogP contribution >= 0.6 is 27.3 Å². The van der Waals surface area contributed by atoms with E-state index >= 15 is 0 Å². The molecule has 0 saturated heterocycles. The molecule has 9 heteroatoms. The third kappa shape index (κ3) is 2.18. The molecule has 1 aliphatic rings. The van der Waals surface area contributed by atoms with Gasteiger partial charge in [0, 0.05) is 4.88 Å². The molecule has 0 radical (unpaired) electrons. The zero-order valence-electron chi connectivity index (χ0n) is 10.3. The molecule has 0 bridgehead atoms. The van der Waals surface area contributed by atoms with E-state index in [1.807, 2.05) is 6.07 Å². The van der Waals surface area contributed by atoms with Gasteiger partial charge in [0.25, 0.3) is 5.56 Å². The van der Waals surface area contributed by atoms with Gasteiger partial charge in [-0.3, -0.25) is 14.8 Å². The second kappa shape index (κ2) is 4.91. The number of ether oxygens (including phenoxy) is 1. The highest BCUT2D eigenvalue weighted by Gasteiger charge is 2.34. The van der Waals surface area contributed by atoms with Gasteiger partial charge in [-0.25, -0.2) is 4.79 Å².